The molecule has 0 spiro atoms. The molecule has 1 aliphatic rings. The van der Waals surface area contributed by atoms with E-state index >= 15 is 0 Å². The number of nitrogens with one attached hydrogen (secondary N) is 1. The van der Waals surface area contributed by atoms with E-state index < -0.39 is 6.09 Å². The van der Waals surface area contributed by atoms with Crippen molar-refractivity contribution in [3.8, 4) is 11.3 Å². The van der Waals surface area contributed by atoms with Gasteiger partial charge in [-0.25, -0.2) is 24.1 Å². The van der Waals surface area contributed by atoms with Gasteiger partial charge in [0.15, 0.2) is 0 Å². The van der Waals surface area contributed by atoms with E-state index in [0.29, 0.717) is 29.5 Å². The quantitative estimate of drug-likeness (QED) is 0.618. The smallest absolute Gasteiger partial charge is 0.417 e. The lowest BCUT2D eigenvalue weighted by Gasteiger charge is -2.22. The second-order valence-electron chi connectivity index (χ2n) is 8.04. The predicted molar refractivity (Wildman–Crippen MR) is 116 cm³/mol. The Kier molecular flexibility index (Phi) is 5.93. The molecule has 3 aromatic rings. The minimum Gasteiger partial charge on any atom is -0.447 e. The largest absolute Gasteiger partial charge is 0.447 e. The summed E-state index contributed by atoms with van der Waals surface area (Å²) in [5.41, 5.74) is 2.67. The highest BCUT2D eigenvalue weighted by Gasteiger charge is 2.38. The third-order valence-electron chi connectivity index (χ3n) is 5.38. The number of ether oxygens (including phenoxy) is 1. The van der Waals surface area contributed by atoms with Gasteiger partial charge in [0.1, 0.15) is 18.8 Å². The number of carbonyl (C=O) groups is 1. The van der Waals surface area contributed by atoms with Gasteiger partial charge in [-0.2, -0.15) is 15.2 Å². The van der Waals surface area contributed by atoms with Crippen LogP contribution in [0.1, 0.15) is 38.1 Å². The summed E-state index contributed by atoms with van der Waals surface area (Å²) in [6, 6.07) is 8.11. The summed E-state index contributed by atoms with van der Waals surface area (Å²) in [7, 11) is 0. The predicted octanol–water partition coefficient (Wildman–Crippen LogP) is 3.93. The molecular weight excluding hydrogens is 413 g/mol. The number of aryl methyl sites for hydroxylation is 1. The van der Waals surface area contributed by atoms with Gasteiger partial charge in [0.2, 0.25) is 11.9 Å². The topological polar surface area (TPSA) is 106 Å². The van der Waals surface area contributed by atoms with Crippen molar-refractivity contribution in [1.82, 2.24) is 25.1 Å². The molecule has 32 heavy (non-hydrogen) atoms. The number of hydrogen-bond donors (Lipinski definition) is 1. The Hall–Kier alpha value is -3.69. The molecule has 1 aromatic carbocycles. The van der Waals surface area contributed by atoms with Crippen molar-refractivity contribution in [2.24, 2.45) is 5.92 Å². The van der Waals surface area contributed by atoms with E-state index in [1.165, 1.54) is 17.3 Å². The molecule has 2 atom stereocenters. The second kappa shape index (κ2) is 8.81. The van der Waals surface area contributed by atoms with Crippen LogP contribution in [0, 0.1) is 18.7 Å². The molecule has 0 radical (unpaired) electrons. The van der Waals surface area contributed by atoms with E-state index in [0.717, 1.165) is 5.56 Å². The number of carbonyl (C=O) groups excluding carboxylic acids is 1. The first-order valence-electron chi connectivity index (χ1n) is 10.3. The lowest BCUT2D eigenvalue weighted by Crippen LogP contribution is -2.38. The van der Waals surface area contributed by atoms with Crippen molar-refractivity contribution < 1.29 is 13.9 Å². The number of hydrogen-bond acceptors (Lipinski definition) is 8. The fourth-order valence-corrected chi connectivity index (χ4v) is 3.43. The first-order chi connectivity index (χ1) is 15.3. The fourth-order valence-electron chi connectivity index (χ4n) is 3.43. The normalized spacial score (nSPS) is 16.9. The molecule has 166 valence electrons. The Balaban J connectivity index is 1.49. The summed E-state index contributed by atoms with van der Waals surface area (Å²) in [6.07, 6.45) is 0.887. The minimum atomic E-state index is -0.466. The zero-order valence-corrected chi connectivity index (χ0v) is 18.3. The third-order valence-corrected chi connectivity index (χ3v) is 5.38. The Bertz CT molecular complexity index is 1120. The van der Waals surface area contributed by atoms with Crippen LogP contribution < -0.4 is 10.2 Å². The van der Waals surface area contributed by atoms with Gasteiger partial charge in [-0.05, 0) is 55.7 Å². The molecular formula is C22H24FN7O2. The van der Waals surface area contributed by atoms with Gasteiger partial charge in [0.25, 0.3) is 0 Å². The number of halogens is 1. The van der Waals surface area contributed by atoms with Crippen molar-refractivity contribution >= 4 is 18.0 Å². The number of anilines is 2. The van der Waals surface area contributed by atoms with Gasteiger partial charge in [-0.1, -0.05) is 13.8 Å². The van der Waals surface area contributed by atoms with E-state index in [1.807, 2.05) is 32.9 Å². The van der Waals surface area contributed by atoms with Gasteiger partial charge in [0.05, 0.1) is 23.5 Å². The Morgan fingerprint density at radius 2 is 1.97 bits per heavy atom. The highest BCUT2D eigenvalue weighted by Crippen LogP contribution is 2.25. The van der Waals surface area contributed by atoms with Crippen LogP contribution in [0.2, 0.25) is 0 Å². The maximum Gasteiger partial charge on any atom is 0.417 e. The minimum absolute atomic E-state index is 0.135. The van der Waals surface area contributed by atoms with Crippen molar-refractivity contribution in [3.63, 3.8) is 0 Å². The molecule has 3 heterocycles. The highest BCUT2D eigenvalue weighted by molar-refractivity contribution is 5.88. The number of nitrogens with zero attached hydrogens (tertiary/aromatic N) is 6. The number of rotatable bonds is 6. The number of benzene rings is 1. The van der Waals surface area contributed by atoms with E-state index in [4.69, 9.17) is 4.74 Å². The molecule has 0 aliphatic carbocycles. The van der Waals surface area contributed by atoms with Crippen LogP contribution in [0.3, 0.4) is 0 Å². The van der Waals surface area contributed by atoms with Gasteiger partial charge in [-0.3, -0.25) is 0 Å². The summed E-state index contributed by atoms with van der Waals surface area (Å²) in [5, 5.41) is 11.7. The third kappa shape index (κ3) is 4.34. The maximum absolute atomic E-state index is 13.5. The zero-order chi connectivity index (χ0) is 22.8. The molecule has 10 heteroatoms. The van der Waals surface area contributed by atoms with Gasteiger partial charge >= 0.3 is 6.09 Å². The molecule has 9 nitrogen and oxygen atoms in total. The lowest BCUT2D eigenvalue weighted by atomic mass is 10.1. The molecule has 1 saturated heterocycles. The van der Waals surface area contributed by atoms with Crippen LogP contribution >= 0.6 is 0 Å². The first kappa shape index (κ1) is 21.5. The second-order valence-corrected chi connectivity index (χ2v) is 8.04. The summed E-state index contributed by atoms with van der Waals surface area (Å²) >= 11 is 0. The number of cyclic esters (lactones) is 1. The van der Waals surface area contributed by atoms with Crippen molar-refractivity contribution in [2.45, 2.75) is 39.8 Å². The summed E-state index contributed by atoms with van der Waals surface area (Å²) in [5.74, 6) is 0.482. The number of aromatic nitrogens is 5. The Morgan fingerprint density at radius 3 is 2.66 bits per heavy atom. The summed E-state index contributed by atoms with van der Waals surface area (Å²) < 4.78 is 18.7. The van der Waals surface area contributed by atoms with E-state index in [9.17, 15) is 9.18 Å². The van der Waals surface area contributed by atoms with Crippen LogP contribution in [0.5, 0.6) is 0 Å². The van der Waals surface area contributed by atoms with Crippen LogP contribution in [-0.2, 0) is 4.74 Å². The average Bonchev–Trinajstić information content (AvgIpc) is 3.18. The molecule has 0 saturated carbocycles. The van der Waals surface area contributed by atoms with E-state index in [-0.39, 0.29) is 29.8 Å². The van der Waals surface area contributed by atoms with Crippen LogP contribution in [0.4, 0.5) is 21.1 Å². The standard InChI is InChI=1S/C22H24FN7O2/c1-12(2)19-10-32-22(31)30(19)21-25-11-24-20(27-21)26-14(4)17-7-8-18(29-28-17)15-5-6-16(23)13(3)9-15/h5-9,11-12,14,19H,10H2,1-4H3,(H,24,25,26,27)/t14-,19+/m0/s1. The van der Waals surface area contributed by atoms with Crippen molar-refractivity contribution in [3.05, 3.63) is 53.7 Å². The zero-order valence-electron chi connectivity index (χ0n) is 18.3. The van der Waals surface area contributed by atoms with Crippen LogP contribution in [0.25, 0.3) is 11.3 Å². The van der Waals surface area contributed by atoms with Gasteiger partial charge in [0, 0.05) is 5.56 Å². The summed E-state index contributed by atoms with van der Waals surface area (Å²) in [4.78, 5) is 26.3. The molecule has 0 unspecified atom stereocenters. The average molecular weight is 437 g/mol. The Morgan fingerprint density at radius 1 is 1.16 bits per heavy atom. The molecule has 1 fully saturated rings. The highest BCUT2D eigenvalue weighted by atomic mass is 19.1. The molecule has 1 amide bonds. The van der Waals surface area contributed by atoms with Crippen LogP contribution in [-0.4, -0.2) is 43.9 Å². The SMILES string of the molecule is Cc1cc(-c2ccc([C@H](C)Nc3ncnc(N4C(=O)OC[C@@H]4C(C)C)n3)nn2)ccc1F. The first-order valence-corrected chi connectivity index (χ1v) is 10.3. The Labute approximate surface area is 185 Å². The van der Waals surface area contributed by atoms with E-state index in [2.05, 4.69) is 30.5 Å². The molecule has 4 rings (SSSR count). The molecule has 1 N–H and O–H groups in total. The molecule has 1 aliphatic heterocycles. The lowest BCUT2D eigenvalue weighted by molar-refractivity contribution is 0.177. The van der Waals surface area contributed by atoms with Crippen molar-refractivity contribution in [2.75, 3.05) is 16.8 Å². The maximum atomic E-state index is 13.5. The van der Waals surface area contributed by atoms with Gasteiger partial charge < -0.3 is 10.1 Å². The summed E-state index contributed by atoms with van der Waals surface area (Å²) in [6.45, 7) is 7.93. The molecule has 0 bridgehead atoms. The monoisotopic (exact) mass is 437 g/mol. The van der Waals surface area contributed by atoms with Crippen molar-refractivity contribution in [1.29, 1.82) is 0 Å². The van der Waals surface area contributed by atoms with E-state index in [1.54, 1.807) is 19.1 Å². The molecule has 2 aromatic heterocycles. The van der Waals surface area contributed by atoms with Gasteiger partial charge in [-0.15, -0.1) is 0 Å². The number of amides is 1. The fraction of sp³-hybridized carbons (Fsp3) is 0.364. The van der Waals surface area contributed by atoms with Crippen LogP contribution in [0.15, 0.2) is 36.7 Å².